The van der Waals surface area contributed by atoms with Crippen LogP contribution in [0.1, 0.15) is 25.1 Å². The molecule has 7 heteroatoms. The number of rotatable bonds is 2. The van der Waals surface area contributed by atoms with E-state index in [1.54, 1.807) is 17.5 Å². The highest BCUT2D eigenvalue weighted by Crippen LogP contribution is 2.32. The van der Waals surface area contributed by atoms with Gasteiger partial charge in [-0.1, -0.05) is 13.8 Å². The summed E-state index contributed by atoms with van der Waals surface area (Å²) in [6.07, 6.45) is 2.87. The average Bonchev–Trinajstić information content (AvgIpc) is 3.07. The van der Waals surface area contributed by atoms with Crippen molar-refractivity contribution in [3.8, 4) is 0 Å². The molecule has 0 N–H and O–H groups in total. The first kappa shape index (κ1) is 17.3. The van der Waals surface area contributed by atoms with E-state index < -0.39 is 0 Å². The third kappa shape index (κ3) is 2.74. The van der Waals surface area contributed by atoms with Gasteiger partial charge in [0.05, 0.1) is 16.4 Å². The van der Waals surface area contributed by atoms with Gasteiger partial charge in [-0.05, 0) is 31.2 Å². The van der Waals surface area contributed by atoms with Crippen LogP contribution in [-0.4, -0.2) is 38.2 Å². The predicted octanol–water partition coefficient (Wildman–Crippen LogP) is 2.76. The highest BCUT2D eigenvalue weighted by molar-refractivity contribution is 7.20. The Morgan fingerprint density at radius 2 is 2.00 bits per heavy atom. The Labute approximate surface area is 156 Å². The second kappa shape index (κ2) is 6.23. The van der Waals surface area contributed by atoms with Crippen molar-refractivity contribution in [1.82, 2.24) is 19.2 Å². The summed E-state index contributed by atoms with van der Waals surface area (Å²) in [4.78, 5) is 28.8. The van der Waals surface area contributed by atoms with Crippen LogP contribution >= 0.6 is 11.3 Å². The minimum atomic E-state index is -0.197. The minimum absolute atomic E-state index is 0.00602. The highest BCUT2D eigenvalue weighted by Gasteiger charge is 2.26. The van der Waals surface area contributed by atoms with Gasteiger partial charge in [0.2, 0.25) is 5.91 Å². The first-order valence-corrected chi connectivity index (χ1v) is 9.89. The molecule has 0 aliphatic carbocycles. The smallest absolute Gasteiger partial charge is 0.291 e. The van der Waals surface area contributed by atoms with Crippen LogP contribution in [0.4, 0.5) is 0 Å². The molecule has 26 heavy (non-hydrogen) atoms. The van der Waals surface area contributed by atoms with Crippen LogP contribution in [0.5, 0.6) is 0 Å². The SMILES string of the molecule is Cc1cc2c(s1)c1cnn(CC(=O)N3C[C@H](C)C[C@H](C)C3)c(=O)c1n2C. The first-order valence-electron chi connectivity index (χ1n) is 9.07. The van der Waals surface area contributed by atoms with Crippen LogP contribution in [0.25, 0.3) is 21.1 Å². The number of nitrogens with zero attached hydrogens (tertiary/aromatic N) is 4. The fraction of sp³-hybridized carbons (Fsp3) is 0.526. The Balaban J connectivity index is 1.69. The largest absolute Gasteiger partial charge is 0.341 e. The lowest BCUT2D eigenvalue weighted by atomic mass is 9.92. The maximum Gasteiger partial charge on any atom is 0.291 e. The maximum absolute atomic E-state index is 13.0. The van der Waals surface area contributed by atoms with Crippen molar-refractivity contribution in [2.45, 2.75) is 33.7 Å². The Morgan fingerprint density at radius 3 is 2.69 bits per heavy atom. The zero-order valence-corrected chi connectivity index (χ0v) is 16.5. The summed E-state index contributed by atoms with van der Waals surface area (Å²) in [6, 6.07) is 2.09. The normalized spacial score (nSPS) is 21.0. The topological polar surface area (TPSA) is 60.1 Å². The van der Waals surface area contributed by atoms with Crippen LogP contribution in [0, 0.1) is 18.8 Å². The van der Waals surface area contributed by atoms with Crippen molar-refractivity contribution in [1.29, 1.82) is 0 Å². The molecule has 2 atom stereocenters. The summed E-state index contributed by atoms with van der Waals surface area (Å²) in [7, 11) is 1.90. The summed E-state index contributed by atoms with van der Waals surface area (Å²) in [6.45, 7) is 7.94. The van der Waals surface area contributed by atoms with Crippen LogP contribution in [0.15, 0.2) is 17.1 Å². The number of hydrogen-bond donors (Lipinski definition) is 0. The lowest BCUT2D eigenvalue weighted by Gasteiger charge is -2.35. The van der Waals surface area contributed by atoms with Gasteiger partial charge in [-0.2, -0.15) is 5.10 Å². The minimum Gasteiger partial charge on any atom is -0.341 e. The second-order valence-electron chi connectivity index (χ2n) is 7.74. The summed E-state index contributed by atoms with van der Waals surface area (Å²) in [5, 5.41) is 5.17. The van der Waals surface area contributed by atoms with E-state index in [0.717, 1.165) is 35.1 Å². The summed E-state index contributed by atoms with van der Waals surface area (Å²) < 4.78 is 4.32. The van der Waals surface area contributed by atoms with Crippen molar-refractivity contribution >= 4 is 38.4 Å². The van der Waals surface area contributed by atoms with Crippen molar-refractivity contribution in [3.63, 3.8) is 0 Å². The van der Waals surface area contributed by atoms with Gasteiger partial charge in [0.1, 0.15) is 12.1 Å². The molecule has 0 bridgehead atoms. The maximum atomic E-state index is 13.0. The molecule has 1 amide bonds. The van der Waals surface area contributed by atoms with Crippen LogP contribution in [0.2, 0.25) is 0 Å². The molecule has 0 saturated carbocycles. The van der Waals surface area contributed by atoms with Gasteiger partial charge in [0.25, 0.3) is 5.56 Å². The van der Waals surface area contributed by atoms with Crippen LogP contribution in [-0.2, 0) is 18.4 Å². The van der Waals surface area contributed by atoms with Gasteiger partial charge in [-0.25, -0.2) is 4.68 Å². The molecule has 3 aromatic rings. The van der Waals surface area contributed by atoms with Crippen molar-refractivity contribution in [2.24, 2.45) is 18.9 Å². The van der Waals surface area contributed by atoms with E-state index in [9.17, 15) is 9.59 Å². The number of likely N-dealkylation sites (tertiary alicyclic amines) is 1. The molecule has 0 unspecified atom stereocenters. The highest BCUT2D eigenvalue weighted by atomic mass is 32.1. The molecule has 0 radical (unpaired) electrons. The molecule has 1 saturated heterocycles. The number of carbonyl (C=O) groups excluding carboxylic acids is 1. The molecule has 0 spiro atoms. The first-order chi connectivity index (χ1) is 12.3. The number of fused-ring (bicyclic) bond motifs is 3. The van der Waals surface area contributed by atoms with Gasteiger partial charge in [0.15, 0.2) is 0 Å². The van der Waals surface area contributed by atoms with Crippen LogP contribution < -0.4 is 5.56 Å². The van der Waals surface area contributed by atoms with Gasteiger partial charge in [0, 0.05) is 30.4 Å². The Kier molecular flexibility index (Phi) is 4.14. The number of thiophene rings is 1. The predicted molar refractivity (Wildman–Crippen MR) is 105 cm³/mol. The molecular weight excluding hydrogens is 348 g/mol. The molecule has 1 fully saturated rings. The summed E-state index contributed by atoms with van der Waals surface area (Å²) in [5.74, 6) is 0.972. The second-order valence-corrected chi connectivity index (χ2v) is 9.00. The number of carbonyl (C=O) groups is 1. The molecule has 1 aliphatic rings. The number of piperidine rings is 1. The Hall–Kier alpha value is -2.15. The molecule has 0 aromatic carbocycles. The molecule has 3 aromatic heterocycles. The lowest BCUT2D eigenvalue weighted by Crippen LogP contribution is -2.45. The van der Waals surface area contributed by atoms with E-state index in [1.807, 2.05) is 16.5 Å². The molecular formula is C19H24N4O2S. The molecule has 4 rings (SSSR count). The Bertz CT molecular complexity index is 1050. The zero-order valence-electron chi connectivity index (χ0n) is 15.7. The van der Waals surface area contributed by atoms with Gasteiger partial charge in [-0.3, -0.25) is 9.59 Å². The van der Waals surface area contributed by atoms with E-state index >= 15 is 0 Å². The van der Waals surface area contributed by atoms with Crippen molar-refractivity contribution in [2.75, 3.05) is 13.1 Å². The van der Waals surface area contributed by atoms with E-state index in [2.05, 4.69) is 31.9 Å². The summed E-state index contributed by atoms with van der Waals surface area (Å²) >= 11 is 1.67. The fourth-order valence-corrected chi connectivity index (χ4v) is 5.29. The van der Waals surface area contributed by atoms with Gasteiger partial charge < -0.3 is 9.47 Å². The summed E-state index contributed by atoms with van der Waals surface area (Å²) in [5.41, 5.74) is 1.47. The number of aromatic nitrogens is 3. The standard InChI is InChI=1S/C19H24N4O2S/c1-11-5-12(2)9-22(8-11)16(24)10-23-19(25)17-14(7-20-23)18-15(21(17)4)6-13(3)26-18/h6-7,11-12H,5,8-10H2,1-4H3/t11-,12+. The van der Waals surface area contributed by atoms with Crippen LogP contribution in [0.3, 0.4) is 0 Å². The quantitative estimate of drug-likeness (QED) is 0.695. The van der Waals surface area contributed by atoms with E-state index in [4.69, 9.17) is 0 Å². The monoisotopic (exact) mass is 372 g/mol. The third-order valence-electron chi connectivity index (χ3n) is 5.30. The third-order valence-corrected chi connectivity index (χ3v) is 6.38. The molecule has 1 aliphatic heterocycles. The molecule has 4 heterocycles. The van der Waals surface area contributed by atoms with Crippen molar-refractivity contribution in [3.05, 3.63) is 27.5 Å². The number of amides is 1. The zero-order chi connectivity index (χ0) is 18.6. The number of hydrogen-bond acceptors (Lipinski definition) is 4. The van der Waals surface area contributed by atoms with Gasteiger partial charge >= 0.3 is 0 Å². The lowest BCUT2D eigenvalue weighted by molar-refractivity contribution is -0.134. The molecule has 6 nitrogen and oxygen atoms in total. The average molecular weight is 372 g/mol. The molecule has 138 valence electrons. The van der Waals surface area contributed by atoms with Gasteiger partial charge in [-0.15, -0.1) is 11.3 Å². The van der Waals surface area contributed by atoms with E-state index in [1.165, 1.54) is 9.56 Å². The Morgan fingerprint density at radius 1 is 1.31 bits per heavy atom. The van der Waals surface area contributed by atoms with E-state index in [0.29, 0.717) is 17.4 Å². The fourth-order valence-electron chi connectivity index (χ4n) is 4.24. The van der Waals surface area contributed by atoms with E-state index in [-0.39, 0.29) is 18.0 Å². The number of aryl methyl sites for hydroxylation is 2. The van der Waals surface area contributed by atoms with Crippen molar-refractivity contribution < 1.29 is 4.79 Å².